The molecule has 7 nitrogen and oxygen atoms in total. The molecule has 1 aliphatic carbocycles. The van der Waals surface area contributed by atoms with Crippen molar-refractivity contribution >= 4 is 17.4 Å². The molecule has 0 radical (unpaired) electrons. The first-order chi connectivity index (χ1) is 12.3. The minimum absolute atomic E-state index is 0.0767. The molecule has 1 saturated heterocycles. The number of thiazole rings is 1. The van der Waals surface area contributed by atoms with Crippen LogP contribution in [0.2, 0.25) is 0 Å². The van der Waals surface area contributed by atoms with Crippen LogP contribution in [-0.4, -0.2) is 32.6 Å². The fraction of sp³-hybridized carbons (Fsp3) is 0.647. The maximum Gasteiger partial charge on any atom is 0.318 e. The van der Waals surface area contributed by atoms with Crippen LogP contribution in [0.3, 0.4) is 0 Å². The van der Waals surface area contributed by atoms with Crippen molar-refractivity contribution in [3.05, 3.63) is 28.3 Å². The average Bonchev–Trinajstić information content (AvgIpc) is 3.41. The third-order valence-corrected chi connectivity index (χ3v) is 5.96. The Labute approximate surface area is 150 Å². The van der Waals surface area contributed by atoms with Crippen molar-refractivity contribution < 1.29 is 9.32 Å². The van der Waals surface area contributed by atoms with Crippen molar-refractivity contribution in [2.24, 2.45) is 0 Å². The molecule has 2 aliphatic rings. The zero-order valence-electron chi connectivity index (χ0n) is 14.2. The summed E-state index contributed by atoms with van der Waals surface area (Å²) in [5, 5.41) is 9.93. The van der Waals surface area contributed by atoms with Gasteiger partial charge in [-0.3, -0.25) is 0 Å². The second-order valence-electron chi connectivity index (χ2n) is 6.76. The number of rotatable bonds is 4. The lowest BCUT2D eigenvalue weighted by Crippen LogP contribution is -2.44. The van der Waals surface area contributed by atoms with Crippen LogP contribution in [0.4, 0.5) is 4.79 Å². The molecule has 0 spiro atoms. The molecule has 2 aromatic heterocycles. The highest BCUT2D eigenvalue weighted by Crippen LogP contribution is 2.33. The van der Waals surface area contributed by atoms with Crippen LogP contribution in [0, 0.1) is 0 Å². The molecular weight excluding hydrogens is 338 g/mol. The quantitative estimate of drug-likeness (QED) is 0.899. The average molecular weight is 361 g/mol. The number of urea groups is 1. The summed E-state index contributed by atoms with van der Waals surface area (Å²) in [4.78, 5) is 23.4. The van der Waals surface area contributed by atoms with Gasteiger partial charge in [0.05, 0.1) is 12.6 Å². The Bertz CT molecular complexity index is 696. The highest BCUT2D eigenvalue weighted by Gasteiger charge is 2.30. The molecule has 2 fully saturated rings. The summed E-state index contributed by atoms with van der Waals surface area (Å²) in [6.07, 6.45) is 9.63. The summed E-state index contributed by atoms with van der Waals surface area (Å²) in [7, 11) is 0. The number of nitrogens with zero attached hydrogens (tertiary/aromatic N) is 4. The van der Waals surface area contributed by atoms with Crippen molar-refractivity contribution in [2.75, 3.05) is 6.54 Å². The van der Waals surface area contributed by atoms with E-state index in [0.717, 1.165) is 49.5 Å². The Morgan fingerprint density at radius 1 is 1.28 bits per heavy atom. The van der Waals surface area contributed by atoms with Crippen molar-refractivity contribution in [1.82, 2.24) is 25.3 Å². The second kappa shape index (κ2) is 7.51. The smallest absolute Gasteiger partial charge is 0.318 e. The number of carbonyl (C=O) groups is 1. The van der Waals surface area contributed by atoms with Crippen molar-refractivity contribution in [3.8, 4) is 0 Å². The van der Waals surface area contributed by atoms with E-state index in [4.69, 9.17) is 4.52 Å². The molecule has 1 aliphatic heterocycles. The third-order valence-electron chi connectivity index (χ3n) is 5.09. The van der Waals surface area contributed by atoms with Gasteiger partial charge in [-0.25, -0.2) is 9.78 Å². The van der Waals surface area contributed by atoms with E-state index in [1.165, 1.54) is 12.8 Å². The van der Waals surface area contributed by atoms with Gasteiger partial charge >= 0.3 is 6.03 Å². The number of piperidine rings is 1. The van der Waals surface area contributed by atoms with Gasteiger partial charge in [0.2, 0.25) is 5.89 Å². The molecule has 0 unspecified atom stereocenters. The summed E-state index contributed by atoms with van der Waals surface area (Å²) >= 11 is 1.61. The first-order valence-corrected chi connectivity index (χ1v) is 9.95. The summed E-state index contributed by atoms with van der Waals surface area (Å²) < 4.78 is 5.37. The number of carbonyl (C=O) groups excluding carboxylic acids is 1. The van der Waals surface area contributed by atoms with Crippen LogP contribution in [0.15, 0.2) is 16.1 Å². The number of amides is 2. The van der Waals surface area contributed by atoms with Gasteiger partial charge < -0.3 is 14.7 Å². The lowest BCUT2D eigenvalue weighted by Gasteiger charge is -2.34. The summed E-state index contributed by atoms with van der Waals surface area (Å²) in [5.74, 6) is 1.67. The maximum atomic E-state index is 12.6. The highest BCUT2D eigenvalue weighted by molar-refractivity contribution is 7.09. The minimum Gasteiger partial charge on any atom is -0.339 e. The largest absolute Gasteiger partial charge is 0.339 e. The number of hydrogen-bond donors (Lipinski definition) is 1. The number of nitrogens with one attached hydrogen (secondary N) is 1. The summed E-state index contributed by atoms with van der Waals surface area (Å²) in [6.45, 7) is 1.06. The topological polar surface area (TPSA) is 84.2 Å². The Morgan fingerprint density at radius 3 is 2.92 bits per heavy atom. The van der Waals surface area contributed by atoms with Gasteiger partial charge in [-0.2, -0.15) is 4.98 Å². The maximum absolute atomic E-state index is 12.6. The lowest BCUT2D eigenvalue weighted by atomic mass is 10.0. The van der Waals surface area contributed by atoms with Crippen LogP contribution in [-0.2, 0) is 6.54 Å². The van der Waals surface area contributed by atoms with E-state index in [9.17, 15) is 4.79 Å². The molecule has 1 saturated carbocycles. The predicted octanol–water partition coefficient (Wildman–Crippen LogP) is 3.62. The molecule has 25 heavy (non-hydrogen) atoms. The standard InChI is InChI=1S/C17H23N5O2S/c23-17(22-9-4-3-7-13(22)16-18-8-10-25-16)19-11-14-20-15(24-21-14)12-5-1-2-6-12/h8,10,12-13H,1-7,9,11H2,(H,19,23)/t13-/m0/s1. The van der Waals surface area contributed by atoms with E-state index in [-0.39, 0.29) is 12.1 Å². The Balaban J connectivity index is 1.36. The lowest BCUT2D eigenvalue weighted by molar-refractivity contribution is 0.150. The third kappa shape index (κ3) is 3.68. The Kier molecular flexibility index (Phi) is 4.96. The molecule has 0 bridgehead atoms. The van der Waals surface area contributed by atoms with Gasteiger partial charge in [0.25, 0.3) is 0 Å². The summed E-state index contributed by atoms with van der Waals surface area (Å²) in [6, 6.07) is 0.000171. The van der Waals surface area contributed by atoms with Crippen LogP contribution in [0.5, 0.6) is 0 Å². The van der Waals surface area contributed by atoms with Crippen molar-refractivity contribution in [3.63, 3.8) is 0 Å². The van der Waals surface area contributed by atoms with Crippen LogP contribution < -0.4 is 5.32 Å². The van der Waals surface area contributed by atoms with Gasteiger partial charge in [-0.1, -0.05) is 18.0 Å². The molecule has 134 valence electrons. The van der Waals surface area contributed by atoms with Crippen molar-refractivity contribution in [2.45, 2.75) is 63.5 Å². The molecular formula is C17H23N5O2S. The number of aromatic nitrogens is 3. The van der Waals surface area contributed by atoms with Crippen LogP contribution in [0.1, 0.15) is 73.6 Å². The molecule has 3 heterocycles. The molecule has 2 amide bonds. The fourth-order valence-electron chi connectivity index (χ4n) is 3.76. The fourth-order valence-corrected chi connectivity index (χ4v) is 4.55. The second-order valence-corrected chi connectivity index (χ2v) is 7.69. The van der Waals surface area contributed by atoms with E-state index < -0.39 is 0 Å². The monoisotopic (exact) mass is 361 g/mol. The van der Waals surface area contributed by atoms with E-state index >= 15 is 0 Å². The van der Waals surface area contributed by atoms with E-state index in [0.29, 0.717) is 18.3 Å². The van der Waals surface area contributed by atoms with E-state index in [1.807, 2.05) is 10.3 Å². The van der Waals surface area contributed by atoms with Gasteiger partial charge in [-0.15, -0.1) is 11.3 Å². The Hall–Kier alpha value is -1.96. The van der Waals surface area contributed by atoms with Gasteiger partial charge in [0.1, 0.15) is 5.01 Å². The minimum atomic E-state index is -0.0767. The molecule has 0 aromatic carbocycles. The highest BCUT2D eigenvalue weighted by atomic mass is 32.1. The first-order valence-electron chi connectivity index (χ1n) is 9.07. The van der Waals surface area contributed by atoms with Gasteiger partial charge in [0.15, 0.2) is 5.82 Å². The summed E-state index contributed by atoms with van der Waals surface area (Å²) in [5.41, 5.74) is 0. The van der Waals surface area contributed by atoms with Crippen LogP contribution >= 0.6 is 11.3 Å². The van der Waals surface area contributed by atoms with Crippen LogP contribution in [0.25, 0.3) is 0 Å². The van der Waals surface area contributed by atoms with Gasteiger partial charge in [0, 0.05) is 24.0 Å². The number of likely N-dealkylation sites (tertiary alicyclic amines) is 1. The SMILES string of the molecule is O=C(NCc1noc(C2CCCC2)n1)N1CCCC[C@H]1c1nccs1. The van der Waals surface area contributed by atoms with E-state index in [1.54, 1.807) is 17.5 Å². The molecule has 4 rings (SSSR count). The predicted molar refractivity (Wildman–Crippen MR) is 93.2 cm³/mol. The molecule has 1 atom stereocenters. The normalized spacial score (nSPS) is 21.6. The Morgan fingerprint density at radius 2 is 2.12 bits per heavy atom. The molecule has 8 heteroatoms. The zero-order chi connectivity index (χ0) is 17.1. The zero-order valence-corrected chi connectivity index (χ0v) is 15.0. The molecule has 1 N–H and O–H groups in total. The van der Waals surface area contributed by atoms with E-state index in [2.05, 4.69) is 20.4 Å². The van der Waals surface area contributed by atoms with Crippen molar-refractivity contribution in [1.29, 1.82) is 0 Å². The first kappa shape index (κ1) is 16.5. The van der Waals surface area contributed by atoms with Gasteiger partial charge in [-0.05, 0) is 32.1 Å². The number of hydrogen-bond acceptors (Lipinski definition) is 6. The molecule has 2 aromatic rings.